The van der Waals surface area contributed by atoms with Gasteiger partial charge in [0.25, 0.3) is 0 Å². The van der Waals surface area contributed by atoms with Gasteiger partial charge in [0.1, 0.15) is 5.75 Å². The van der Waals surface area contributed by atoms with Crippen LogP contribution in [-0.2, 0) is 6.61 Å². The highest BCUT2D eigenvalue weighted by atomic mass is 19.3. The summed E-state index contributed by atoms with van der Waals surface area (Å²) in [6.07, 6.45) is 11.1. The minimum Gasteiger partial charge on any atom is -0.435 e. The summed E-state index contributed by atoms with van der Waals surface area (Å²) in [5.41, 5.74) is 5.60. The van der Waals surface area contributed by atoms with Crippen LogP contribution < -0.4 is 10.1 Å². The summed E-state index contributed by atoms with van der Waals surface area (Å²) in [6, 6.07) is 12.1. The number of benzene rings is 2. The van der Waals surface area contributed by atoms with Gasteiger partial charge < -0.3 is 15.2 Å². The molecule has 0 bridgehead atoms. The SMILES string of the molecule is CC(C)CC(=O)c1ccc(N/C2=C\C/C=C\CCC3C(c4ccc(OC(F)F)cc4)=CN=C23)cc1CO. The zero-order valence-electron chi connectivity index (χ0n) is 21.1. The smallest absolute Gasteiger partial charge is 0.387 e. The largest absolute Gasteiger partial charge is 0.435 e. The van der Waals surface area contributed by atoms with Gasteiger partial charge in [0, 0.05) is 29.8 Å². The third kappa shape index (κ3) is 6.60. The molecule has 0 saturated carbocycles. The Morgan fingerprint density at radius 3 is 2.65 bits per heavy atom. The Kier molecular flexibility index (Phi) is 8.66. The molecule has 4 rings (SSSR count). The third-order valence-electron chi connectivity index (χ3n) is 6.43. The number of nitrogens with one attached hydrogen (secondary N) is 1. The van der Waals surface area contributed by atoms with E-state index in [1.807, 2.05) is 32.2 Å². The molecule has 7 heteroatoms. The number of rotatable bonds is 9. The molecule has 0 amide bonds. The molecule has 2 aliphatic rings. The van der Waals surface area contributed by atoms with E-state index in [-0.39, 0.29) is 30.0 Å². The number of halogens is 2. The zero-order valence-corrected chi connectivity index (χ0v) is 21.1. The third-order valence-corrected chi connectivity index (χ3v) is 6.43. The van der Waals surface area contributed by atoms with Gasteiger partial charge in [-0.2, -0.15) is 8.78 Å². The van der Waals surface area contributed by atoms with Crippen LogP contribution >= 0.6 is 0 Å². The molecule has 0 spiro atoms. The quantitative estimate of drug-likeness (QED) is 0.280. The number of aliphatic hydroxyl groups is 1. The van der Waals surface area contributed by atoms with Crippen molar-refractivity contribution in [3.63, 3.8) is 0 Å². The van der Waals surface area contributed by atoms with E-state index in [0.717, 1.165) is 47.5 Å². The molecule has 2 N–H and O–H groups in total. The second kappa shape index (κ2) is 12.1. The van der Waals surface area contributed by atoms with Gasteiger partial charge in [0.2, 0.25) is 0 Å². The van der Waals surface area contributed by atoms with Gasteiger partial charge in [-0.1, -0.05) is 44.2 Å². The summed E-state index contributed by atoms with van der Waals surface area (Å²) in [6.45, 7) is 0.908. The van der Waals surface area contributed by atoms with Crippen molar-refractivity contribution >= 4 is 22.8 Å². The van der Waals surface area contributed by atoms with Crippen LogP contribution in [0.1, 0.15) is 61.0 Å². The lowest BCUT2D eigenvalue weighted by molar-refractivity contribution is -0.0498. The normalized spacial score (nSPS) is 19.6. The summed E-state index contributed by atoms with van der Waals surface area (Å²) >= 11 is 0. The second-order valence-corrected chi connectivity index (χ2v) is 9.63. The van der Waals surface area contributed by atoms with Gasteiger partial charge in [-0.15, -0.1) is 0 Å². The van der Waals surface area contributed by atoms with Crippen molar-refractivity contribution in [2.24, 2.45) is 16.8 Å². The van der Waals surface area contributed by atoms with Crippen LogP contribution in [0.25, 0.3) is 5.57 Å². The Balaban J connectivity index is 1.57. The maximum atomic E-state index is 12.6. The highest BCUT2D eigenvalue weighted by Gasteiger charge is 2.29. The number of fused-ring (bicyclic) bond motifs is 1. The van der Waals surface area contributed by atoms with Gasteiger partial charge in [-0.05, 0) is 72.2 Å². The molecule has 37 heavy (non-hydrogen) atoms. The molecule has 0 aromatic heterocycles. The van der Waals surface area contributed by atoms with Crippen molar-refractivity contribution in [2.45, 2.75) is 52.7 Å². The monoisotopic (exact) mass is 506 g/mol. The molecule has 1 aliphatic heterocycles. The molecular formula is C30H32F2N2O3. The van der Waals surface area contributed by atoms with Crippen LogP contribution in [0.15, 0.2) is 77.6 Å². The summed E-state index contributed by atoms with van der Waals surface area (Å²) in [4.78, 5) is 17.4. The number of ether oxygens (including phenoxy) is 1. The lowest BCUT2D eigenvalue weighted by Gasteiger charge is -2.21. The molecule has 0 saturated heterocycles. The number of Topliss-reactive ketones (excluding diaryl/α,β-unsaturated/α-hetero) is 1. The van der Waals surface area contributed by atoms with Crippen molar-refractivity contribution < 1.29 is 23.4 Å². The summed E-state index contributed by atoms with van der Waals surface area (Å²) in [7, 11) is 0. The number of aliphatic imine (C=N–C) groups is 1. The molecule has 1 aliphatic carbocycles. The van der Waals surface area contributed by atoms with Crippen LogP contribution in [0.4, 0.5) is 14.5 Å². The molecule has 0 fully saturated rings. The first-order valence-corrected chi connectivity index (χ1v) is 12.6. The predicted molar refractivity (Wildman–Crippen MR) is 143 cm³/mol. The van der Waals surface area contributed by atoms with E-state index in [1.54, 1.807) is 30.3 Å². The molecule has 0 radical (unpaired) electrons. The summed E-state index contributed by atoms with van der Waals surface area (Å²) in [5, 5.41) is 13.4. The number of anilines is 1. The lowest BCUT2D eigenvalue weighted by Crippen LogP contribution is -2.20. The fourth-order valence-corrected chi connectivity index (χ4v) is 4.71. The van der Waals surface area contributed by atoms with Gasteiger partial charge >= 0.3 is 6.61 Å². The Bertz CT molecular complexity index is 1240. The maximum absolute atomic E-state index is 12.6. The molecule has 2 aromatic rings. The second-order valence-electron chi connectivity index (χ2n) is 9.63. The Morgan fingerprint density at radius 1 is 1.16 bits per heavy atom. The van der Waals surface area contributed by atoms with E-state index >= 15 is 0 Å². The number of allylic oxidation sites excluding steroid dienone is 5. The molecule has 1 heterocycles. The van der Waals surface area contributed by atoms with Crippen LogP contribution in [0.3, 0.4) is 0 Å². The van der Waals surface area contributed by atoms with Gasteiger partial charge in [-0.25, -0.2) is 0 Å². The first kappa shape index (κ1) is 26.5. The molecule has 5 nitrogen and oxygen atoms in total. The Labute approximate surface area is 216 Å². The average molecular weight is 507 g/mol. The van der Waals surface area contributed by atoms with Crippen molar-refractivity contribution in [3.05, 3.63) is 89.3 Å². The fraction of sp³-hybridized carbons (Fsp3) is 0.333. The Hall–Kier alpha value is -3.58. The van der Waals surface area contributed by atoms with Gasteiger partial charge in [0.05, 0.1) is 18.0 Å². The van der Waals surface area contributed by atoms with Crippen molar-refractivity contribution in [1.29, 1.82) is 0 Å². The number of hydrogen-bond acceptors (Lipinski definition) is 5. The van der Waals surface area contributed by atoms with Crippen molar-refractivity contribution in [2.75, 3.05) is 5.32 Å². The lowest BCUT2D eigenvalue weighted by atomic mass is 9.86. The van der Waals surface area contributed by atoms with Gasteiger partial charge in [-0.3, -0.25) is 9.79 Å². The Morgan fingerprint density at radius 2 is 1.95 bits per heavy atom. The highest BCUT2D eigenvalue weighted by molar-refractivity contribution is 6.12. The summed E-state index contributed by atoms with van der Waals surface area (Å²) in [5.74, 6) is 0.401. The minimum absolute atomic E-state index is 0.0209. The van der Waals surface area contributed by atoms with E-state index in [1.165, 1.54) is 0 Å². The first-order valence-electron chi connectivity index (χ1n) is 12.6. The van der Waals surface area contributed by atoms with Crippen molar-refractivity contribution in [3.8, 4) is 5.75 Å². The topological polar surface area (TPSA) is 70.9 Å². The van der Waals surface area contributed by atoms with E-state index in [9.17, 15) is 18.7 Å². The number of aliphatic hydroxyl groups excluding tert-OH is 1. The molecule has 1 unspecified atom stereocenters. The number of alkyl halides is 2. The molecule has 2 aromatic carbocycles. The van der Waals surface area contributed by atoms with Crippen LogP contribution in [-0.4, -0.2) is 23.2 Å². The molecule has 194 valence electrons. The van der Waals surface area contributed by atoms with E-state index in [2.05, 4.69) is 28.3 Å². The number of nitrogens with zero attached hydrogens (tertiary/aromatic N) is 1. The van der Waals surface area contributed by atoms with E-state index in [4.69, 9.17) is 4.99 Å². The minimum atomic E-state index is -2.86. The average Bonchev–Trinajstić information content (AvgIpc) is 3.31. The van der Waals surface area contributed by atoms with E-state index in [0.29, 0.717) is 17.5 Å². The first-order chi connectivity index (χ1) is 17.9. The number of carbonyl (C=O) groups is 1. The van der Waals surface area contributed by atoms with Crippen molar-refractivity contribution in [1.82, 2.24) is 0 Å². The molecular weight excluding hydrogens is 474 g/mol. The molecule has 1 atom stereocenters. The number of carbonyl (C=O) groups excluding carboxylic acids is 1. The van der Waals surface area contributed by atoms with Crippen LogP contribution in [0.5, 0.6) is 5.75 Å². The number of hydrogen-bond donors (Lipinski definition) is 2. The zero-order chi connectivity index (χ0) is 26.4. The van der Waals surface area contributed by atoms with Gasteiger partial charge in [0.15, 0.2) is 5.78 Å². The highest BCUT2D eigenvalue weighted by Crippen LogP contribution is 2.37. The standard InChI is InChI=1S/C30H32F2N2O3/c1-19(2)15-28(36)24-14-11-22(16-21(24)18-35)34-27-8-6-4-3-5-7-25-26(17-33-29(25)27)20-9-12-23(13-10-20)37-30(31)32/h3-4,8-14,16-17,19,25,30,34-35H,5-7,15,18H2,1-2H3/b4-3-,27-8-. The van der Waals surface area contributed by atoms with E-state index < -0.39 is 6.61 Å². The fourth-order valence-electron chi connectivity index (χ4n) is 4.71. The van der Waals surface area contributed by atoms with Crippen LogP contribution in [0, 0.1) is 11.8 Å². The number of ketones is 1. The predicted octanol–water partition coefficient (Wildman–Crippen LogP) is 7.16. The van der Waals surface area contributed by atoms with Crippen LogP contribution in [0.2, 0.25) is 0 Å². The maximum Gasteiger partial charge on any atom is 0.387 e. The summed E-state index contributed by atoms with van der Waals surface area (Å²) < 4.78 is 29.6.